The number of benzene rings is 1. The van der Waals surface area contributed by atoms with Gasteiger partial charge in [-0.05, 0) is 49.4 Å². The zero-order valence-electron chi connectivity index (χ0n) is 14.0. The Morgan fingerprint density at radius 2 is 1.92 bits per heavy atom. The van der Waals surface area contributed by atoms with Crippen LogP contribution in [0.25, 0.3) is 0 Å². The van der Waals surface area contributed by atoms with E-state index in [9.17, 15) is 18.3 Å². The Morgan fingerprint density at radius 1 is 1.24 bits per heavy atom. The van der Waals surface area contributed by atoms with Gasteiger partial charge in [-0.3, -0.25) is 9.69 Å². The number of likely N-dealkylation sites (tertiary alicyclic amines) is 1. The fraction of sp³-hybridized carbons (Fsp3) is 0.588. The Hall–Kier alpha value is -1.64. The van der Waals surface area contributed by atoms with Gasteiger partial charge in [0, 0.05) is 12.6 Å². The molecule has 25 heavy (non-hydrogen) atoms. The molecule has 1 saturated carbocycles. The zero-order valence-corrected chi connectivity index (χ0v) is 14.8. The molecule has 138 valence electrons. The molecule has 0 aromatic heterocycles. The number of ether oxygens (including phenoxy) is 1. The van der Waals surface area contributed by atoms with Gasteiger partial charge in [0.05, 0.1) is 4.90 Å². The van der Waals surface area contributed by atoms with Crippen molar-refractivity contribution in [1.82, 2.24) is 4.90 Å². The van der Waals surface area contributed by atoms with E-state index in [4.69, 9.17) is 9.88 Å². The second-order valence-electron chi connectivity index (χ2n) is 6.80. The zero-order chi connectivity index (χ0) is 18.0. The molecule has 2 aliphatic rings. The van der Waals surface area contributed by atoms with Gasteiger partial charge in [0.15, 0.2) is 0 Å². The van der Waals surface area contributed by atoms with Gasteiger partial charge in [-0.15, -0.1) is 0 Å². The molecule has 0 amide bonds. The molecule has 8 heteroatoms. The maximum Gasteiger partial charge on any atom is 0.320 e. The first kappa shape index (κ1) is 18.2. The molecule has 2 fully saturated rings. The molecule has 3 unspecified atom stereocenters. The average Bonchev–Trinajstić information content (AvgIpc) is 2.94. The summed E-state index contributed by atoms with van der Waals surface area (Å²) in [6, 6.07) is 5.82. The van der Waals surface area contributed by atoms with Gasteiger partial charge in [-0.1, -0.05) is 12.8 Å². The number of fused-ring (bicyclic) bond motifs is 1. The van der Waals surface area contributed by atoms with E-state index in [-0.39, 0.29) is 4.90 Å². The Labute approximate surface area is 147 Å². The van der Waals surface area contributed by atoms with Gasteiger partial charge in [-0.2, -0.15) is 0 Å². The van der Waals surface area contributed by atoms with E-state index in [1.807, 2.05) is 0 Å². The van der Waals surface area contributed by atoms with Crippen LogP contribution in [0.4, 0.5) is 0 Å². The normalized spacial score (nSPS) is 27.0. The molecule has 1 saturated heterocycles. The minimum absolute atomic E-state index is 0.0374. The lowest BCUT2D eigenvalue weighted by Gasteiger charge is -2.32. The van der Waals surface area contributed by atoms with Crippen molar-refractivity contribution in [1.29, 1.82) is 0 Å². The summed E-state index contributed by atoms with van der Waals surface area (Å²) in [6.07, 6.45) is 5.23. The fourth-order valence-corrected chi connectivity index (χ4v) is 4.63. The van der Waals surface area contributed by atoms with Crippen LogP contribution in [-0.4, -0.2) is 49.6 Å². The molecule has 7 nitrogen and oxygen atoms in total. The van der Waals surface area contributed by atoms with E-state index >= 15 is 0 Å². The van der Waals surface area contributed by atoms with Crippen molar-refractivity contribution in [2.24, 2.45) is 11.1 Å². The number of sulfonamides is 1. The predicted molar refractivity (Wildman–Crippen MR) is 91.8 cm³/mol. The van der Waals surface area contributed by atoms with Crippen LogP contribution in [0.2, 0.25) is 0 Å². The van der Waals surface area contributed by atoms with Gasteiger partial charge in [-0.25, -0.2) is 13.6 Å². The molecule has 0 spiro atoms. The predicted octanol–water partition coefficient (Wildman–Crippen LogP) is 1.43. The number of carboxylic acids is 1. The molecular weight excluding hydrogens is 344 g/mol. The number of rotatable bonds is 6. The molecule has 0 bridgehead atoms. The Morgan fingerprint density at radius 3 is 2.56 bits per heavy atom. The van der Waals surface area contributed by atoms with E-state index in [0.717, 1.165) is 25.7 Å². The van der Waals surface area contributed by atoms with Crippen LogP contribution in [0.1, 0.15) is 32.1 Å². The largest absolute Gasteiger partial charge is 0.492 e. The molecule has 1 aliphatic carbocycles. The summed E-state index contributed by atoms with van der Waals surface area (Å²) >= 11 is 0. The SMILES string of the molecule is NS(=O)(=O)c1ccc(OCCN2C(C(=O)O)CC3CCCCC32)cc1. The first-order chi connectivity index (χ1) is 11.9. The minimum Gasteiger partial charge on any atom is -0.492 e. The number of carboxylic acid groups (broad SMARTS) is 1. The van der Waals surface area contributed by atoms with Gasteiger partial charge in [0.1, 0.15) is 18.4 Å². The highest BCUT2D eigenvalue weighted by molar-refractivity contribution is 7.89. The summed E-state index contributed by atoms with van der Waals surface area (Å²) in [7, 11) is -3.71. The monoisotopic (exact) mass is 368 g/mol. The van der Waals surface area contributed by atoms with Crippen LogP contribution in [0.3, 0.4) is 0 Å². The quantitative estimate of drug-likeness (QED) is 0.786. The summed E-state index contributed by atoms with van der Waals surface area (Å²) in [6.45, 7) is 0.913. The molecule has 3 rings (SSSR count). The Bertz CT molecular complexity index is 719. The van der Waals surface area contributed by atoms with E-state index in [2.05, 4.69) is 4.90 Å². The fourth-order valence-electron chi connectivity index (χ4n) is 4.11. The number of hydrogen-bond donors (Lipinski definition) is 2. The van der Waals surface area contributed by atoms with Crippen molar-refractivity contribution in [3.63, 3.8) is 0 Å². The van der Waals surface area contributed by atoms with Crippen LogP contribution in [0, 0.1) is 5.92 Å². The highest BCUT2D eigenvalue weighted by Crippen LogP contribution is 2.39. The van der Waals surface area contributed by atoms with Crippen molar-refractivity contribution in [3.05, 3.63) is 24.3 Å². The maximum absolute atomic E-state index is 11.6. The molecule has 3 N–H and O–H groups in total. The highest BCUT2D eigenvalue weighted by atomic mass is 32.2. The molecular formula is C17H24N2O5S. The highest BCUT2D eigenvalue weighted by Gasteiger charge is 2.44. The Balaban J connectivity index is 1.59. The maximum atomic E-state index is 11.6. The Kier molecular flexibility index (Phi) is 5.31. The minimum atomic E-state index is -3.71. The molecule has 0 radical (unpaired) electrons. The third-order valence-electron chi connectivity index (χ3n) is 5.28. The van der Waals surface area contributed by atoms with Gasteiger partial charge >= 0.3 is 5.97 Å². The van der Waals surface area contributed by atoms with Gasteiger partial charge < -0.3 is 9.84 Å². The van der Waals surface area contributed by atoms with Crippen molar-refractivity contribution in [2.45, 2.75) is 49.1 Å². The number of primary sulfonamides is 1. The molecule has 3 atom stereocenters. The second kappa shape index (κ2) is 7.31. The first-order valence-electron chi connectivity index (χ1n) is 8.60. The van der Waals surface area contributed by atoms with Crippen LogP contribution in [-0.2, 0) is 14.8 Å². The molecule has 1 aliphatic heterocycles. The second-order valence-corrected chi connectivity index (χ2v) is 8.37. The smallest absolute Gasteiger partial charge is 0.320 e. The summed E-state index contributed by atoms with van der Waals surface area (Å²) in [5, 5.41) is 14.6. The molecule has 1 heterocycles. The van der Waals surface area contributed by atoms with Gasteiger partial charge in [0.25, 0.3) is 0 Å². The number of aliphatic carboxylic acids is 1. The van der Waals surface area contributed by atoms with Crippen molar-refractivity contribution < 1.29 is 23.1 Å². The lowest BCUT2D eigenvalue weighted by Crippen LogP contribution is -2.44. The van der Waals surface area contributed by atoms with E-state index < -0.39 is 22.0 Å². The summed E-state index contributed by atoms with van der Waals surface area (Å²) in [5.74, 6) is 0.259. The summed E-state index contributed by atoms with van der Waals surface area (Å²) in [4.78, 5) is 13.7. The summed E-state index contributed by atoms with van der Waals surface area (Å²) < 4.78 is 28.2. The van der Waals surface area contributed by atoms with E-state index in [1.165, 1.54) is 18.6 Å². The third kappa shape index (κ3) is 4.13. The standard InChI is InChI=1S/C17H24N2O5S/c18-25(22,23)14-7-5-13(6-8-14)24-10-9-19-15-4-2-1-3-12(15)11-16(19)17(20)21/h5-8,12,15-16H,1-4,9-11H2,(H,20,21)(H2,18,22,23). The van der Waals surface area contributed by atoms with Crippen molar-refractivity contribution in [3.8, 4) is 5.75 Å². The number of carbonyl (C=O) groups is 1. The lowest BCUT2D eigenvalue weighted by atomic mass is 9.85. The van der Waals surface area contributed by atoms with Crippen LogP contribution < -0.4 is 9.88 Å². The van der Waals surface area contributed by atoms with Crippen LogP contribution in [0.15, 0.2) is 29.2 Å². The van der Waals surface area contributed by atoms with Crippen LogP contribution >= 0.6 is 0 Å². The van der Waals surface area contributed by atoms with E-state index in [0.29, 0.717) is 30.9 Å². The van der Waals surface area contributed by atoms with Crippen molar-refractivity contribution >= 4 is 16.0 Å². The first-order valence-corrected chi connectivity index (χ1v) is 10.1. The average molecular weight is 368 g/mol. The van der Waals surface area contributed by atoms with E-state index in [1.54, 1.807) is 12.1 Å². The third-order valence-corrected chi connectivity index (χ3v) is 6.21. The van der Waals surface area contributed by atoms with Crippen molar-refractivity contribution in [2.75, 3.05) is 13.2 Å². The molecule has 1 aromatic rings. The number of nitrogens with two attached hydrogens (primary N) is 1. The molecule has 1 aromatic carbocycles. The number of nitrogens with zero attached hydrogens (tertiary/aromatic N) is 1. The number of hydrogen-bond acceptors (Lipinski definition) is 5. The van der Waals surface area contributed by atoms with Gasteiger partial charge in [0.2, 0.25) is 10.0 Å². The summed E-state index contributed by atoms with van der Waals surface area (Å²) in [5.41, 5.74) is 0. The van der Waals surface area contributed by atoms with Crippen LogP contribution in [0.5, 0.6) is 5.75 Å². The lowest BCUT2D eigenvalue weighted by molar-refractivity contribution is -0.142. The topological polar surface area (TPSA) is 110 Å².